The molecule has 0 bridgehead atoms. The van der Waals surface area contributed by atoms with Crippen LogP contribution in [0.15, 0.2) is 48.8 Å². The molecule has 2 heterocycles. The van der Waals surface area contributed by atoms with Gasteiger partial charge in [-0.25, -0.2) is 4.98 Å². The number of aromatic nitrogens is 2. The molecular weight excluding hydrogens is 354 g/mol. The van der Waals surface area contributed by atoms with Crippen molar-refractivity contribution >= 4 is 0 Å². The molecule has 1 aromatic heterocycles. The van der Waals surface area contributed by atoms with E-state index >= 15 is 0 Å². The first-order chi connectivity index (χ1) is 13.5. The van der Waals surface area contributed by atoms with Gasteiger partial charge in [-0.1, -0.05) is 38.1 Å². The van der Waals surface area contributed by atoms with E-state index in [1.165, 1.54) is 0 Å². The minimum atomic E-state index is -0.282. The summed E-state index contributed by atoms with van der Waals surface area (Å²) in [7, 11) is 1.64. The average Bonchev–Trinajstić information content (AvgIpc) is 2.68. The largest absolute Gasteiger partial charge is 0.508 e. The number of phenolic OH excluding ortho intramolecular Hbond substituents is 1. The van der Waals surface area contributed by atoms with Gasteiger partial charge in [0.05, 0.1) is 18.6 Å². The van der Waals surface area contributed by atoms with Crippen LogP contribution in [0.25, 0.3) is 0 Å². The summed E-state index contributed by atoms with van der Waals surface area (Å²) in [5, 5.41) is 18.8. The first kappa shape index (κ1) is 18.1. The molecular formula is C22H23N3O3. The fourth-order valence-electron chi connectivity index (χ4n) is 3.72. The number of ether oxygens (including phenoxy) is 2. The van der Waals surface area contributed by atoms with Crippen molar-refractivity contribution in [3.8, 4) is 23.1 Å². The average molecular weight is 377 g/mol. The molecule has 6 heteroatoms. The van der Waals surface area contributed by atoms with Gasteiger partial charge in [-0.05, 0) is 18.1 Å². The van der Waals surface area contributed by atoms with E-state index in [-0.39, 0.29) is 11.7 Å². The highest BCUT2D eigenvalue weighted by molar-refractivity contribution is 5.59. The molecule has 4 rings (SSSR count). The van der Waals surface area contributed by atoms with Gasteiger partial charge in [0.2, 0.25) is 5.88 Å². The van der Waals surface area contributed by atoms with Gasteiger partial charge < -0.3 is 19.1 Å². The van der Waals surface area contributed by atoms with Crippen LogP contribution in [0.5, 0.6) is 23.1 Å². The highest BCUT2D eigenvalue weighted by Crippen LogP contribution is 2.47. The van der Waals surface area contributed by atoms with Gasteiger partial charge in [0, 0.05) is 23.7 Å². The third kappa shape index (κ3) is 3.01. The lowest BCUT2D eigenvalue weighted by Gasteiger charge is -2.29. The fourth-order valence-corrected chi connectivity index (χ4v) is 3.72. The summed E-state index contributed by atoms with van der Waals surface area (Å²) in [5.74, 6) is 1.88. The summed E-state index contributed by atoms with van der Waals surface area (Å²) in [6, 6.07) is 12.8. The second-order valence-corrected chi connectivity index (χ2v) is 7.36. The summed E-state index contributed by atoms with van der Waals surface area (Å²) in [5.41, 5.74) is 2.87. The molecule has 2 aromatic carbocycles. The Hall–Kier alpha value is -3.28. The van der Waals surface area contributed by atoms with Crippen LogP contribution < -0.4 is 15.0 Å². The SMILES string of the molecule is COc1ccccc1[C@@H]1c2ccc(O)cc2Oc2ncn(CC(C)C)c(=N)c21. The van der Waals surface area contributed by atoms with Crippen LogP contribution in [-0.2, 0) is 6.54 Å². The highest BCUT2D eigenvalue weighted by Gasteiger charge is 2.33. The Kier molecular flexibility index (Phi) is 4.55. The van der Waals surface area contributed by atoms with Crippen LogP contribution in [0, 0.1) is 11.3 Å². The third-order valence-corrected chi connectivity index (χ3v) is 4.90. The molecule has 6 nitrogen and oxygen atoms in total. The van der Waals surface area contributed by atoms with Gasteiger partial charge in [0.15, 0.2) is 0 Å². The minimum absolute atomic E-state index is 0.123. The number of para-hydroxylation sites is 1. The Labute approximate surface area is 163 Å². The van der Waals surface area contributed by atoms with E-state index in [1.54, 1.807) is 25.6 Å². The van der Waals surface area contributed by atoms with Crippen molar-refractivity contribution in [1.29, 1.82) is 5.41 Å². The van der Waals surface area contributed by atoms with E-state index in [1.807, 2.05) is 34.9 Å². The molecule has 0 unspecified atom stereocenters. The topological polar surface area (TPSA) is 80.4 Å². The van der Waals surface area contributed by atoms with E-state index < -0.39 is 0 Å². The predicted octanol–water partition coefficient (Wildman–Crippen LogP) is 4.02. The second kappa shape index (κ2) is 7.03. The summed E-state index contributed by atoms with van der Waals surface area (Å²) >= 11 is 0. The van der Waals surface area contributed by atoms with Gasteiger partial charge in [0.1, 0.15) is 29.1 Å². The Morgan fingerprint density at radius 2 is 2.00 bits per heavy atom. The molecule has 1 aliphatic rings. The smallest absolute Gasteiger partial charge is 0.228 e. The quantitative estimate of drug-likeness (QED) is 0.563. The number of hydrogen-bond donors (Lipinski definition) is 2. The number of nitrogens with zero attached hydrogens (tertiary/aromatic N) is 2. The van der Waals surface area contributed by atoms with E-state index in [0.717, 1.165) is 16.9 Å². The van der Waals surface area contributed by atoms with Crippen molar-refractivity contribution in [2.24, 2.45) is 5.92 Å². The van der Waals surface area contributed by atoms with E-state index in [2.05, 4.69) is 18.8 Å². The Bertz CT molecular complexity index is 1090. The van der Waals surface area contributed by atoms with Crippen molar-refractivity contribution in [2.45, 2.75) is 26.3 Å². The van der Waals surface area contributed by atoms with Gasteiger partial charge >= 0.3 is 0 Å². The van der Waals surface area contributed by atoms with E-state index in [4.69, 9.17) is 14.9 Å². The van der Waals surface area contributed by atoms with Gasteiger partial charge in [-0.15, -0.1) is 0 Å². The molecule has 0 amide bonds. The zero-order chi connectivity index (χ0) is 19.8. The minimum Gasteiger partial charge on any atom is -0.508 e. The maximum absolute atomic E-state index is 9.93. The van der Waals surface area contributed by atoms with Gasteiger partial charge in [-0.2, -0.15) is 0 Å². The van der Waals surface area contributed by atoms with Crippen molar-refractivity contribution < 1.29 is 14.6 Å². The van der Waals surface area contributed by atoms with Crippen molar-refractivity contribution in [3.05, 3.63) is 71.0 Å². The first-order valence-corrected chi connectivity index (χ1v) is 9.27. The molecule has 2 N–H and O–H groups in total. The first-order valence-electron chi connectivity index (χ1n) is 9.27. The van der Waals surface area contributed by atoms with Gasteiger partial charge in [-0.3, -0.25) is 5.41 Å². The molecule has 144 valence electrons. The maximum atomic E-state index is 9.93. The normalized spacial score (nSPS) is 14.9. The molecule has 0 aliphatic carbocycles. The number of methoxy groups -OCH3 is 1. The van der Waals surface area contributed by atoms with Crippen LogP contribution >= 0.6 is 0 Å². The third-order valence-electron chi connectivity index (χ3n) is 4.90. The lowest BCUT2D eigenvalue weighted by atomic mass is 9.83. The summed E-state index contributed by atoms with van der Waals surface area (Å²) in [6.45, 7) is 4.91. The Balaban J connectivity index is 2.00. The van der Waals surface area contributed by atoms with Crippen molar-refractivity contribution in [2.75, 3.05) is 7.11 Å². The van der Waals surface area contributed by atoms with E-state index in [0.29, 0.717) is 35.1 Å². The maximum Gasteiger partial charge on any atom is 0.228 e. The molecule has 3 aromatic rings. The fraction of sp³-hybridized carbons (Fsp3) is 0.273. The number of nitrogens with one attached hydrogen (secondary N) is 1. The molecule has 1 aliphatic heterocycles. The van der Waals surface area contributed by atoms with Crippen LogP contribution in [0.1, 0.15) is 36.5 Å². The molecule has 28 heavy (non-hydrogen) atoms. The number of phenols is 1. The predicted molar refractivity (Wildman–Crippen MR) is 105 cm³/mol. The zero-order valence-electron chi connectivity index (χ0n) is 16.1. The number of hydrogen-bond acceptors (Lipinski definition) is 5. The van der Waals surface area contributed by atoms with Gasteiger partial charge in [0.25, 0.3) is 0 Å². The van der Waals surface area contributed by atoms with Crippen molar-refractivity contribution in [1.82, 2.24) is 9.55 Å². The lowest BCUT2D eigenvalue weighted by Crippen LogP contribution is -2.31. The Morgan fingerprint density at radius 3 is 2.75 bits per heavy atom. The standard InChI is InChI=1S/C22H23N3O3/c1-13(2)11-25-12-24-22-20(21(25)23)19(15-6-4-5-7-17(15)27-3)16-9-8-14(26)10-18(16)28-22/h4-10,12-13,19,23,26H,11H2,1-3H3/t19-/m1/s1. The number of fused-ring (bicyclic) bond motifs is 2. The Morgan fingerprint density at radius 1 is 1.21 bits per heavy atom. The highest BCUT2D eigenvalue weighted by atomic mass is 16.5. The number of aromatic hydroxyl groups is 1. The van der Waals surface area contributed by atoms with Crippen LogP contribution in [0.2, 0.25) is 0 Å². The van der Waals surface area contributed by atoms with Crippen molar-refractivity contribution in [3.63, 3.8) is 0 Å². The lowest BCUT2D eigenvalue weighted by molar-refractivity contribution is 0.395. The molecule has 0 spiro atoms. The summed E-state index contributed by atoms with van der Waals surface area (Å²) < 4.78 is 13.4. The summed E-state index contributed by atoms with van der Waals surface area (Å²) in [4.78, 5) is 4.49. The molecule has 0 saturated heterocycles. The zero-order valence-corrected chi connectivity index (χ0v) is 16.1. The number of rotatable bonds is 4. The molecule has 0 saturated carbocycles. The second-order valence-electron chi connectivity index (χ2n) is 7.36. The molecule has 0 radical (unpaired) electrons. The van der Waals surface area contributed by atoms with Crippen LogP contribution in [0.3, 0.4) is 0 Å². The number of benzene rings is 2. The van der Waals surface area contributed by atoms with E-state index in [9.17, 15) is 5.11 Å². The molecule has 1 atom stereocenters. The summed E-state index contributed by atoms with van der Waals surface area (Å²) in [6.07, 6.45) is 1.65. The van der Waals surface area contributed by atoms with Crippen LogP contribution in [-0.4, -0.2) is 21.8 Å². The van der Waals surface area contributed by atoms with Crippen LogP contribution in [0.4, 0.5) is 0 Å². The monoisotopic (exact) mass is 377 g/mol. The molecule has 0 fully saturated rings.